The molecule has 0 atom stereocenters. The Morgan fingerprint density at radius 2 is 1.67 bits per heavy atom. The number of aryl methyl sites for hydroxylation is 1. The van der Waals surface area contributed by atoms with Crippen molar-refractivity contribution < 1.29 is 9.47 Å². The van der Waals surface area contributed by atoms with Crippen molar-refractivity contribution in [3.8, 4) is 11.5 Å². The van der Waals surface area contributed by atoms with E-state index < -0.39 is 0 Å². The van der Waals surface area contributed by atoms with Crippen LogP contribution in [0.2, 0.25) is 15.1 Å². The van der Waals surface area contributed by atoms with Crippen LogP contribution in [0.1, 0.15) is 23.6 Å². The van der Waals surface area contributed by atoms with Gasteiger partial charge in [-0.25, -0.2) is 0 Å². The maximum atomic E-state index is 6.21. The van der Waals surface area contributed by atoms with Crippen molar-refractivity contribution in [3.63, 3.8) is 0 Å². The molecule has 0 radical (unpaired) electrons. The number of rotatable bonds is 8. The van der Waals surface area contributed by atoms with Crippen LogP contribution in [0.4, 0.5) is 5.69 Å². The van der Waals surface area contributed by atoms with E-state index in [2.05, 4.69) is 21.2 Å². The molecule has 0 spiro atoms. The predicted octanol–water partition coefficient (Wildman–Crippen LogP) is 8.31. The van der Waals surface area contributed by atoms with Gasteiger partial charge < -0.3 is 14.8 Å². The van der Waals surface area contributed by atoms with Crippen LogP contribution >= 0.6 is 50.7 Å². The van der Waals surface area contributed by atoms with E-state index in [1.165, 1.54) is 0 Å². The first kappa shape index (κ1) is 23.1. The van der Waals surface area contributed by atoms with Gasteiger partial charge in [0.2, 0.25) is 0 Å². The van der Waals surface area contributed by atoms with Crippen molar-refractivity contribution in [2.24, 2.45) is 0 Å². The van der Waals surface area contributed by atoms with Crippen LogP contribution in [-0.2, 0) is 13.2 Å². The molecule has 30 heavy (non-hydrogen) atoms. The Hall–Kier alpha value is -1.59. The summed E-state index contributed by atoms with van der Waals surface area (Å²) < 4.78 is 12.7. The lowest BCUT2D eigenvalue weighted by Gasteiger charge is -2.16. The van der Waals surface area contributed by atoms with Gasteiger partial charge in [0, 0.05) is 17.3 Å². The zero-order chi connectivity index (χ0) is 21.7. The predicted molar refractivity (Wildman–Crippen MR) is 130 cm³/mol. The molecule has 0 aromatic heterocycles. The van der Waals surface area contributed by atoms with Crippen LogP contribution in [-0.4, -0.2) is 6.61 Å². The highest BCUT2D eigenvalue weighted by molar-refractivity contribution is 9.10. The molecule has 0 unspecified atom stereocenters. The Kier molecular flexibility index (Phi) is 8.18. The van der Waals surface area contributed by atoms with Gasteiger partial charge in [-0.05, 0) is 82.9 Å². The average molecular weight is 530 g/mol. The fourth-order valence-corrected chi connectivity index (χ4v) is 3.92. The summed E-state index contributed by atoms with van der Waals surface area (Å²) in [5.41, 5.74) is 3.97. The molecule has 3 aromatic rings. The first-order valence-electron chi connectivity index (χ1n) is 9.39. The highest BCUT2D eigenvalue weighted by Crippen LogP contribution is 2.38. The molecule has 0 aliphatic rings. The minimum atomic E-state index is 0.342. The van der Waals surface area contributed by atoms with Gasteiger partial charge in [-0.3, -0.25) is 0 Å². The van der Waals surface area contributed by atoms with Gasteiger partial charge in [0.1, 0.15) is 6.61 Å². The maximum Gasteiger partial charge on any atom is 0.175 e. The number of anilines is 1. The number of benzene rings is 3. The van der Waals surface area contributed by atoms with Crippen molar-refractivity contribution in [3.05, 3.63) is 84.8 Å². The molecular formula is C23H21BrCl3NO2. The van der Waals surface area contributed by atoms with Crippen LogP contribution in [0, 0.1) is 6.92 Å². The summed E-state index contributed by atoms with van der Waals surface area (Å²) in [4.78, 5) is 0. The van der Waals surface area contributed by atoms with E-state index in [0.29, 0.717) is 41.3 Å². The molecule has 1 N–H and O–H groups in total. The molecule has 0 bridgehead atoms. The monoisotopic (exact) mass is 527 g/mol. The summed E-state index contributed by atoms with van der Waals surface area (Å²) in [6, 6.07) is 15.3. The van der Waals surface area contributed by atoms with E-state index in [1.807, 2.05) is 50.2 Å². The largest absolute Gasteiger partial charge is 0.490 e. The summed E-state index contributed by atoms with van der Waals surface area (Å²) in [5, 5.41) is 5.14. The minimum Gasteiger partial charge on any atom is -0.490 e. The van der Waals surface area contributed by atoms with Crippen LogP contribution in [0.3, 0.4) is 0 Å². The minimum absolute atomic E-state index is 0.342. The molecule has 3 nitrogen and oxygen atoms in total. The maximum absolute atomic E-state index is 6.21. The molecule has 0 fully saturated rings. The van der Waals surface area contributed by atoms with Crippen molar-refractivity contribution in [1.29, 1.82) is 0 Å². The standard InChI is InChI=1S/C23H21BrCl3NO2/c1-3-29-22-10-16(12-28-17-6-4-14(2)20(26)11-17)8-18(24)23(22)30-13-15-5-7-19(25)21(27)9-15/h4-11,28H,3,12-13H2,1-2H3. The molecule has 0 saturated heterocycles. The fourth-order valence-electron chi connectivity index (χ4n) is 2.82. The van der Waals surface area contributed by atoms with Gasteiger partial charge in [0.15, 0.2) is 11.5 Å². The number of ether oxygens (including phenoxy) is 2. The van der Waals surface area contributed by atoms with Crippen LogP contribution in [0.15, 0.2) is 53.0 Å². The summed E-state index contributed by atoms with van der Waals surface area (Å²) in [6.45, 7) is 5.41. The van der Waals surface area contributed by atoms with Gasteiger partial charge in [0.05, 0.1) is 21.1 Å². The molecule has 0 saturated carbocycles. The Morgan fingerprint density at radius 1 is 0.867 bits per heavy atom. The van der Waals surface area contributed by atoms with Crippen molar-refractivity contribution >= 4 is 56.4 Å². The quantitative estimate of drug-likeness (QED) is 0.318. The molecule has 0 aliphatic carbocycles. The molecular weight excluding hydrogens is 509 g/mol. The second-order valence-electron chi connectivity index (χ2n) is 6.69. The van der Waals surface area contributed by atoms with Gasteiger partial charge in [0.25, 0.3) is 0 Å². The van der Waals surface area contributed by atoms with Crippen molar-refractivity contribution in [2.75, 3.05) is 11.9 Å². The van der Waals surface area contributed by atoms with Gasteiger partial charge in [-0.2, -0.15) is 0 Å². The highest BCUT2D eigenvalue weighted by atomic mass is 79.9. The van der Waals surface area contributed by atoms with Crippen molar-refractivity contribution in [2.45, 2.75) is 27.0 Å². The summed E-state index contributed by atoms with van der Waals surface area (Å²) in [6.07, 6.45) is 0. The Bertz CT molecular complexity index is 1040. The van der Waals surface area contributed by atoms with E-state index in [9.17, 15) is 0 Å². The lowest BCUT2D eigenvalue weighted by molar-refractivity contribution is 0.267. The highest BCUT2D eigenvalue weighted by Gasteiger charge is 2.13. The van der Waals surface area contributed by atoms with E-state index in [4.69, 9.17) is 44.3 Å². The second kappa shape index (κ2) is 10.6. The number of hydrogen-bond donors (Lipinski definition) is 1. The van der Waals surface area contributed by atoms with Gasteiger partial charge >= 0.3 is 0 Å². The molecule has 3 aromatic carbocycles. The van der Waals surface area contributed by atoms with E-state index in [-0.39, 0.29) is 0 Å². The Labute approximate surface area is 200 Å². The first-order valence-corrected chi connectivity index (χ1v) is 11.3. The molecule has 3 rings (SSSR count). The molecule has 0 amide bonds. The van der Waals surface area contributed by atoms with E-state index in [1.54, 1.807) is 12.1 Å². The number of hydrogen-bond acceptors (Lipinski definition) is 3. The first-order chi connectivity index (χ1) is 14.4. The third-order valence-corrected chi connectivity index (χ3v) is 6.14. The molecule has 7 heteroatoms. The van der Waals surface area contributed by atoms with Gasteiger partial charge in [-0.15, -0.1) is 0 Å². The Morgan fingerprint density at radius 3 is 2.37 bits per heavy atom. The zero-order valence-electron chi connectivity index (χ0n) is 16.6. The number of halogens is 4. The van der Waals surface area contributed by atoms with Crippen molar-refractivity contribution in [1.82, 2.24) is 0 Å². The molecule has 158 valence electrons. The molecule has 0 heterocycles. The average Bonchev–Trinajstić information content (AvgIpc) is 2.71. The van der Waals surface area contributed by atoms with Crippen LogP contribution in [0.25, 0.3) is 0 Å². The Balaban J connectivity index is 1.75. The van der Waals surface area contributed by atoms with Gasteiger partial charge in [-0.1, -0.05) is 46.9 Å². The third kappa shape index (κ3) is 5.98. The third-order valence-electron chi connectivity index (χ3n) is 4.40. The van der Waals surface area contributed by atoms with Crippen LogP contribution < -0.4 is 14.8 Å². The lowest BCUT2D eigenvalue weighted by Crippen LogP contribution is -2.04. The summed E-state index contributed by atoms with van der Waals surface area (Å²) >= 11 is 21.9. The topological polar surface area (TPSA) is 30.5 Å². The fraction of sp³-hybridized carbons (Fsp3) is 0.217. The number of nitrogens with one attached hydrogen (secondary N) is 1. The van der Waals surface area contributed by atoms with E-state index in [0.717, 1.165) is 31.9 Å². The smallest absolute Gasteiger partial charge is 0.175 e. The summed E-state index contributed by atoms with van der Waals surface area (Å²) in [7, 11) is 0. The second-order valence-corrected chi connectivity index (χ2v) is 8.77. The van der Waals surface area contributed by atoms with E-state index >= 15 is 0 Å². The SMILES string of the molecule is CCOc1cc(CNc2ccc(C)c(Cl)c2)cc(Br)c1OCc1ccc(Cl)c(Cl)c1. The lowest BCUT2D eigenvalue weighted by atomic mass is 10.1. The summed E-state index contributed by atoms with van der Waals surface area (Å²) in [5.74, 6) is 1.32. The normalized spacial score (nSPS) is 10.7. The van der Waals surface area contributed by atoms with Crippen LogP contribution in [0.5, 0.6) is 11.5 Å². The zero-order valence-corrected chi connectivity index (χ0v) is 20.4. The molecule has 0 aliphatic heterocycles.